The van der Waals surface area contributed by atoms with Crippen molar-refractivity contribution in [3.05, 3.63) is 285 Å². The van der Waals surface area contributed by atoms with Crippen LogP contribution in [0.15, 0.2) is 218 Å². The molecule has 0 radical (unpaired) electrons. The molecule has 2 heteroatoms. The van der Waals surface area contributed by atoms with Crippen LogP contribution in [0.1, 0.15) is 300 Å². The first-order valence-electron chi connectivity index (χ1n) is 43.5. The zero-order valence-corrected chi connectivity index (χ0v) is 68.1. The van der Waals surface area contributed by atoms with E-state index < -0.39 is 0 Å². The fraction of sp³-hybridized carbons (Fsp3) is 0.364. The number of hydrogen-bond acceptors (Lipinski definition) is 2. The van der Waals surface area contributed by atoms with Crippen LogP contribution < -0.4 is 9.80 Å². The molecule has 11 rings (SSSR count). The van der Waals surface area contributed by atoms with Crippen LogP contribution >= 0.6 is 0 Å². The molecular formula is C110H120N2. The molecule has 0 aliphatic heterocycles. The molecule has 0 fully saturated rings. The van der Waals surface area contributed by atoms with Gasteiger partial charge in [-0.2, -0.15) is 0 Å². The molecule has 0 aromatic heterocycles. The van der Waals surface area contributed by atoms with Gasteiger partial charge in [0.2, 0.25) is 0 Å². The lowest BCUT2D eigenvalue weighted by molar-refractivity contribution is 0.555. The predicted molar refractivity (Wildman–Crippen MR) is 486 cm³/mol. The Kier molecular flexibility index (Phi) is 34.5. The SMILES string of the molecule is CCCCCCCCCCN(CCCCCCCCCC)c1ccc(C#Cc2c3ccccc3c(C#Cc3ccc(C#Cc4ccc(C#Cc5ccc(C#Cc6c7ccccc7c(C#Cc7ccc(N(CCCCCCCCCC)CCCCCCCCCC)cc7)c7ccccc67)cc5)cc4)cc3)c3ccccc23)cc1. The summed E-state index contributed by atoms with van der Waals surface area (Å²) in [6, 6.07) is 77.2. The van der Waals surface area contributed by atoms with Gasteiger partial charge in [0.1, 0.15) is 0 Å². The molecule has 0 atom stereocenters. The summed E-state index contributed by atoms with van der Waals surface area (Å²) in [5, 5.41) is 8.89. The molecular weight excluding hydrogens is 1350 g/mol. The number of anilines is 2. The average molecular weight is 1470 g/mol. The molecule has 11 aromatic rings. The van der Waals surface area contributed by atoms with Crippen LogP contribution in [0.2, 0.25) is 0 Å². The highest BCUT2D eigenvalue weighted by atomic mass is 15.1. The van der Waals surface area contributed by atoms with Gasteiger partial charge in [0.05, 0.1) is 0 Å². The average Bonchev–Trinajstić information content (AvgIpc) is 0.760. The van der Waals surface area contributed by atoms with E-state index in [2.05, 4.69) is 303 Å². The van der Waals surface area contributed by atoms with Gasteiger partial charge in [-0.15, -0.1) is 0 Å². The molecule has 0 N–H and O–H groups in total. The summed E-state index contributed by atoms with van der Waals surface area (Å²) < 4.78 is 0. The van der Waals surface area contributed by atoms with Crippen molar-refractivity contribution in [2.45, 2.75) is 233 Å². The summed E-state index contributed by atoms with van der Waals surface area (Å²) in [5.41, 5.74) is 14.4. The zero-order valence-electron chi connectivity index (χ0n) is 68.1. The summed E-state index contributed by atoms with van der Waals surface area (Å²) in [4.78, 5) is 5.29. The molecule has 0 amide bonds. The molecule has 0 aliphatic carbocycles. The smallest absolute Gasteiger partial charge is 0.0406 e. The van der Waals surface area contributed by atoms with Crippen molar-refractivity contribution in [2.24, 2.45) is 0 Å². The van der Waals surface area contributed by atoms with Gasteiger partial charge in [-0.3, -0.25) is 0 Å². The van der Waals surface area contributed by atoms with E-state index in [1.807, 2.05) is 24.3 Å². The third kappa shape index (κ3) is 25.7. The van der Waals surface area contributed by atoms with Crippen molar-refractivity contribution < 1.29 is 0 Å². The minimum atomic E-state index is 0.927. The predicted octanol–water partition coefficient (Wildman–Crippen LogP) is 28.9. The zero-order chi connectivity index (χ0) is 77.3. The largest absolute Gasteiger partial charge is 0.372 e. The van der Waals surface area contributed by atoms with Crippen LogP contribution in [-0.2, 0) is 0 Å². The Morgan fingerprint density at radius 3 is 0.473 bits per heavy atom. The first-order chi connectivity index (χ1) is 55.5. The van der Waals surface area contributed by atoms with Gasteiger partial charge in [-0.1, -0.05) is 376 Å². The normalized spacial score (nSPS) is 10.8. The Balaban J connectivity index is 0.705. The first-order valence-corrected chi connectivity index (χ1v) is 43.5. The highest BCUT2D eigenvalue weighted by molar-refractivity contribution is 6.11. The molecule has 11 aromatic carbocycles. The van der Waals surface area contributed by atoms with Crippen molar-refractivity contribution in [1.29, 1.82) is 0 Å². The molecule has 112 heavy (non-hydrogen) atoms. The van der Waals surface area contributed by atoms with Gasteiger partial charge in [-0.05, 0) is 190 Å². The molecule has 0 heterocycles. The van der Waals surface area contributed by atoms with Crippen LogP contribution in [0.3, 0.4) is 0 Å². The van der Waals surface area contributed by atoms with Crippen molar-refractivity contribution in [3.63, 3.8) is 0 Å². The fourth-order valence-corrected chi connectivity index (χ4v) is 15.5. The van der Waals surface area contributed by atoms with Crippen molar-refractivity contribution in [3.8, 4) is 71.0 Å². The van der Waals surface area contributed by atoms with Crippen molar-refractivity contribution in [2.75, 3.05) is 36.0 Å². The lowest BCUT2D eigenvalue weighted by Gasteiger charge is -2.25. The maximum Gasteiger partial charge on any atom is 0.0406 e. The van der Waals surface area contributed by atoms with Crippen LogP contribution in [0.5, 0.6) is 0 Å². The van der Waals surface area contributed by atoms with E-state index in [9.17, 15) is 0 Å². The molecule has 0 spiro atoms. The van der Waals surface area contributed by atoms with E-state index >= 15 is 0 Å². The highest BCUT2D eigenvalue weighted by Crippen LogP contribution is 2.35. The minimum Gasteiger partial charge on any atom is -0.372 e. The van der Waals surface area contributed by atoms with Gasteiger partial charge in [0, 0.05) is 104 Å². The lowest BCUT2D eigenvalue weighted by Crippen LogP contribution is -2.25. The van der Waals surface area contributed by atoms with Gasteiger partial charge >= 0.3 is 0 Å². The minimum absolute atomic E-state index is 0.927. The van der Waals surface area contributed by atoms with Gasteiger partial charge in [-0.25, -0.2) is 0 Å². The van der Waals surface area contributed by atoms with Gasteiger partial charge < -0.3 is 9.80 Å². The van der Waals surface area contributed by atoms with E-state index in [0.29, 0.717) is 0 Å². The van der Waals surface area contributed by atoms with Crippen molar-refractivity contribution >= 4 is 54.5 Å². The van der Waals surface area contributed by atoms with E-state index in [0.717, 1.165) is 136 Å². The molecule has 0 bridgehead atoms. The van der Waals surface area contributed by atoms with Crippen LogP contribution in [0, 0.1) is 71.0 Å². The molecule has 570 valence electrons. The Bertz CT molecular complexity index is 4650. The number of unbranched alkanes of at least 4 members (excludes halogenated alkanes) is 28. The second-order valence-electron chi connectivity index (χ2n) is 30.9. The Hall–Kier alpha value is -10.6. The monoisotopic (exact) mass is 1470 g/mol. The lowest BCUT2D eigenvalue weighted by atomic mass is 9.92. The second kappa shape index (κ2) is 46.9. The highest BCUT2D eigenvalue weighted by Gasteiger charge is 2.15. The van der Waals surface area contributed by atoms with Crippen molar-refractivity contribution in [1.82, 2.24) is 0 Å². The van der Waals surface area contributed by atoms with Crippen LogP contribution in [-0.4, -0.2) is 26.2 Å². The number of rotatable bonds is 38. The van der Waals surface area contributed by atoms with Crippen LogP contribution in [0.4, 0.5) is 11.4 Å². The van der Waals surface area contributed by atoms with E-state index in [1.54, 1.807) is 0 Å². The third-order valence-corrected chi connectivity index (χ3v) is 22.1. The summed E-state index contributed by atoms with van der Waals surface area (Å²) in [6.45, 7) is 13.7. The Morgan fingerprint density at radius 2 is 0.304 bits per heavy atom. The molecule has 0 saturated heterocycles. The summed E-state index contributed by atoms with van der Waals surface area (Å²) in [5.74, 6) is 42.3. The second-order valence-corrected chi connectivity index (χ2v) is 30.9. The maximum atomic E-state index is 3.67. The number of nitrogens with zero attached hydrogens (tertiary/aromatic N) is 2. The molecule has 0 saturated carbocycles. The standard InChI is InChI=1S/C110H120N2/c1-5-9-13-17-21-25-29-41-85-111(86-42-30-26-22-18-14-10-6-2)97-77-69-95(70-78-97)75-83-109-103-49-37-33-45-99(103)107(100-46-34-38-50-104(100)109)81-73-93-65-61-91(62-66-93)59-57-89-53-55-90(56-54-89)58-60-92-63-67-94(68-64-92)74-82-108-101-47-35-39-51-105(101)110(106-52-40-36-48-102(106)108)84-76-96-71-79-98(80-72-96)112(87-43-31-27-23-19-15-11-7-3)88-44-32-28-24-20-16-12-8-4/h33-40,45-56,61-72,77-80H,5-32,41-44,85-88H2,1-4H3. The first kappa shape index (κ1) is 82.4. The van der Waals surface area contributed by atoms with E-state index in [-0.39, 0.29) is 0 Å². The van der Waals surface area contributed by atoms with Gasteiger partial charge in [0.15, 0.2) is 0 Å². The number of hydrogen-bond donors (Lipinski definition) is 0. The molecule has 2 nitrogen and oxygen atoms in total. The van der Waals surface area contributed by atoms with E-state index in [1.165, 1.54) is 217 Å². The quantitative estimate of drug-likeness (QED) is 0.0216. The Morgan fingerprint density at radius 1 is 0.161 bits per heavy atom. The number of fused-ring (bicyclic) bond motifs is 4. The fourth-order valence-electron chi connectivity index (χ4n) is 15.5. The van der Waals surface area contributed by atoms with Gasteiger partial charge in [0.25, 0.3) is 0 Å². The summed E-state index contributed by atoms with van der Waals surface area (Å²) in [7, 11) is 0. The summed E-state index contributed by atoms with van der Waals surface area (Å²) >= 11 is 0. The van der Waals surface area contributed by atoms with Crippen LogP contribution in [0.25, 0.3) is 43.1 Å². The molecule has 0 unspecified atom stereocenters. The Labute approximate surface area is 675 Å². The summed E-state index contributed by atoms with van der Waals surface area (Å²) in [6.07, 6.45) is 42.9. The molecule has 0 aliphatic rings. The van der Waals surface area contributed by atoms with E-state index in [4.69, 9.17) is 0 Å². The maximum absolute atomic E-state index is 3.67. The third-order valence-electron chi connectivity index (χ3n) is 22.1. The number of benzene rings is 11. The topological polar surface area (TPSA) is 6.48 Å².